The van der Waals surface area contributed by atoms with E-state index in [1.165, 1.54) is 29.2 Å². The number of rotatable bonds is 9. The Bertz CT molecular complexity index is 1520. The van der Waals surface area contributed by atoms with Crippen molar-refractivity contribution in [1.82, 2.24) is 25.1 Å². The lowest BCUT2D eigenvalue weighted by atomic mass is 10.1. The number of benzene rings is 2. The third-order valence-corrected chi connectivity index (χ3v) is 7.45. The normalized spacial score (nSPS) is 11.7. The molecule has 0 aliphatic rings. The molecule has 38 heavy (non-hydrogen) atoms. The molecule has 0 saturated carbocycles. The van der Waals surface area contributed by atoms with Crippen LogP contribution < -0.4 is 10.6 Å². The summed E-state index contributed by atoms with van der Waals surface area (Å²) in [5.41, 5.74) is 3.29. The first-order chi connectivity index (χ1) is 18.1. The molecule has 1 atom stereocenters. The van der Waals surface area contributed by atoms with E-state index >= 15 is 0 Å². The highest BCUT2D eigenvalue weighted by atomic mass is 32.2. The zero-order valence-electron chi connectivity index (χ0n) is 21.1. The molecule has 0 aliphatic carbocycles. The van der Waals surface area contributed by atoms with Gasteiger partial charge in [-0.2, -0.15) is 0 Å². The molecule has 0 saturated heterocycles. The van der Waals surface area contributed by atoms with Crippen LogP contribution >= 0.6 is 23.1 Å². The number of hydrogen-bond acceptors (Lipinski definition) is 9. The van der Waals surface area contributed by atoms with Crippen LogP contribution in [0.1, 0.15) is 40.3 Å². The van der Waals surface area contributed by atoms with Crippen molar-refractivity contribution in [3.8, 4) is 11.3 Å². The van der Waals surface area contributed by atoms with Crippen LogP contribution in [-0.2, 0) is 11.8 Å². The number of nitro benzene ring substituents is 1. The molecule has 2 aromatic heterocycles. The Morgan fingerprint density at radius 3 is 2.71 bits per heavy atom. The summed E-state index contributed by atoms with van der Waals surface area (Å²) >= 11 is 2.44. The summed E-state index contributed by atoms with van der Waals surface area (Å²) in [6.45, 7) is 5.42. The summed E-state index contributed by atoms with van der Waals surface area (Å²) in [5.74, 6) is 0.142. The van der Waals surface area contributed by atoms with Crippen LogP contribution in [0.2, 0.25) is 0 Å². The summed E-state index contributed by atoms with van der Waals surface area (Å²) in [6.07, 6.45) is 0. The summed E-state index contributed by atoms with van der Waals surface area (Å²) in [6, 6.07) is 11.8. The maximum Gasteiger partial charge on any atom is 0.272 e. The van der Waals surface area contributed by atoms with Crippen molar-refractivity contribution in [3.63, 3.8) is 0 Å². The molecule has 1 unspecified atom stereocenters. The van der Waals surface area contributed by atoms with Crippen LogP contribution in [0.4, 0.5) is 10.8 Å². The van der Waals surface area contributed by atoms with Crippen molar-refractivity contribution < 1.29 is 14.5 Å². The lowest BCUT2D eigenvalue weighted by Crippen LogP contribution is -2.28. The molecule has 2 aromatic carbocycles. The Morgan fingerprint density at radius 1 is 1.18 bits per heavy atom. The first-order valence-electron chi connectivity index (χ1n) is 11.5. The monoisotopic (exact) mass is 551 g/mol. The molecule has 0 fully saturated rings. The summed E-state index contributed by atoms with van der Waals surface area (Å²) in [5, 5.41) is 27.9. The first kappa shape index (κ1) is 26.9. The number of aromatic nitrogens is 4. The van der Waals surface area contributed by atoms with Gasteiger partial charge in [-0.3, -0.25) is 19.7 Å². The number of carbonyl (C=O) groups excluding carboxylic acids is 2. The molecule has 0 spiro atoms. The molecule has 4 aromatic rings. The average Bonchev–Trinajstić information content (AvgIpc) is 3.49. The van der Waals surface area contributed by atoms with Crippen molar-refractivity contribution >= 4 is 45.7 Å². The molecule has 0 bridgehead atoms. The number of nitro groups is 1. The van der Waals surface area contributed by atoms with Gasteiger partial charge >= 0.3 is 0 Å². The second-order valence-corrected chi connectivity index (χ2v) is 10.4. The summed E-state index contributed by atoms with van der Waals surface area (Å²) in [4.78, 5) is 40.3. The number of aryl methyl sites for hydroxylation is 2. The molecule has 2 heterocycles. The zero-order chi connectivity index (χ0) is 27.4. The molecule has 2 N–H and O–H groups in total. The van der Waals surface area contributed by atoms with Crippen LogP contribution in [-0.4, -0.2) is 42.2 Å². The Hall–Kier alpha value is -4.10. The number of carbonyl (C=O) groups is 2. The highest BCUT2D eigenvalue weighted by Crippen LogP contribution is 2.29. The fourth-order valence-electron chi connectivity index (χ4n) is 3.67. The number of nitrogens with one attached hydrogen (secondary N) is 2. The van der Waals surface area contributed by atoms with Gasteiger partial charge in [-0.1, -0.05) is 41.6 Å². The zero-order valence-corrected chi connectivity index (χ0v) is 22.7. The van der Waals surface area contributed by atoms with Gasteiger partial charge in [-0.25, -0.2) is 4.98 Å². The maximum absolute atomic E-state index is 12.6. The second-order valence-electron chi connectivity index (χ2n) is 8.60. The van der Waals surface area contributed by atoms with Crippen molar-refractivity contribution in [1.29, 1.82) is 0 Å². The largest absolute Gasteiger partial charge is 0.342 e. The number of nitrogens with zero attached hydrogens (tertiary/aromatic N) is 5. The third kappa shape index (κ3) is 6.23. The minimum Gasteiger partial charge on any atom is -0.342 e. The highest BCUT2D eigenvalue weighted by Gasteiger charge is 2.20. The Labute approximate surface area is 226 Å². The van der Waals surface area contributed by atoms with Gasteiger partial charge in [0.15, 0.2) is 16.1 Å². The molecule has 13 heteroatoms. The molecule has 0 radical (unpaired) electrons. The molecule has 196 valence electrons. The summed E-state index contributed by atoms with van der Waals surface area (Å²) in [7, 11) is 1.78. The van der Waals surface area contributed by atoms with Crippen LogP contribution in [0.3, 0.4) is 0 Å². The molecule has 2 amide bonds. The lowest BCUT2D eigenvalue weighted by Gasteiger charge is -2.14. The number of thioether (sulfide) groups is 1. The van der Waals surface area contributed by atoms with E-state index in [0.717, 1.165) is 5.56 Å². The number of anilines is 1. The quantitative estimate of drug-likeness (QED) is 0.173. The van der Waals surface area contributed by atoms with E-state index in [9.17, 15) is 19.7 Å². The van der Waals surface area contributed by atoms with Gasteiger partial charge < -0.3 is 15.2 Å². The van der Waals surface area contributed by atoms with E-state index in [1.54, 1.807) is 42.1 Å². The Balaban J connectivity index is 1.34. The van der Waals surface area contributed by atoms with Gasteiger partial charge in [0.2, 0.25) is 5.91 Å². The van der Waals surface area contributed by atoms with Gasteiger partial charge in [0.25, 0.3) is 11.6 Å². The van der Waals surface area contributed by atoms with Crippen molar-refractivity contribution in [2.24, 2.45) is 7.05 Å². The third-order valence-electron chi connectivity index (χ3n) is 5.67. The van der Waals surface area contributed by atoms with Crippen molar-refractivity contribution in [2.45, 2.75) is 32.0 Å². The molecular weight excluding hydrogens is 526 g/mol. The second kappa shape index (κ2) is 11.5. The van der Waals surface area contributed by atoms with Crippen molar-refractivity contribution in [3.05, 3.63) is 80.5 Å². The van der Waals surface area contributed by atoms with Crippen LogP contribution in [0.25, 0.3) is 11.3 Å². The van der Waals surface area contributed by atoms with Gasteiger partial charge in [0, 0.05) is 35.2 Å². The van der Waals surface area contributed by atoms with Gasteiger partial charge in [0.1, 0.15) is 0 Å². The molecule has 11 nitrogen and oxygen atoms in total. The van der Waals surface area contributed by atoms with E-state index < -0.39 is 11.0 Å². The van der Waals surface area contributed by atoms with E-state index in [-0.39, 0.29) is 23.3 Å². The number of amides is 2. The predicted molar refractivity (Wildman–Crippen MR) is 146 cm³/mol. The maximum atomic E-state index is 12.6. The topological polar surface area (TPSA) is 145 Å². The number of thiazole rings is 1. The van der Waals surface area contributed by atoms with E-state index in [0.29, 0.717) is 38.5 Å². The minimum atomic E-state index is -0.429. The molecular formula is C25H25N7O4S2. The van der Waals surface area contributed by atoms with E-state index in [1.807, 2.05) is 32.0 Å². The highest BCUT2D eigenvalue weighted by molar-refractivity contribution is 7.99. The summed E-state index contributed by atoms with van der Waals surface area (Å²) < 4.78 is 1.74. The number of hydrogen-bond donors (Lipinski definition) is 2. The van der Waals surface area contributed by atoms with Gasteiger partial charge in [0.05, 0.1) is 22.4 Å². The standard InChI is InChI=1S/C25H25N7O4S2/c1-14-6-5-7-18(10-14)23(34)26-16(3)22-29-30-25(31(22)4)38-13-21(33)28-24-27-19(12-37-24)17-9-8-15(2)20(11-17)32(35)36/h5-12,16H,13H2,1-4H3,(H,26,34)(H,27,28,33). The van der Waals surface area contributed by atoms with Crippen LogP contribution in [0.5, 0.6) is 0 Å². The average molecular weight is 552 g/mol. The molecule has 0 aliphatic heterocycles. The predicted octanol–water partition coefficient (Wildman–Crippen LogP) is 4.69. The van der Waals surface area contributed by atoms with Crippen LogP contribution in [0, 0.1) is 24.0 Å². The van der Waals surface area contributed by atoms with Gasteiger partial charge in [-0.15, -0.1) is 21.5 Å². The van der Waals surface area contributed by atoms with E-state index in [2.05, 4.69) is 25.8 Å². The molecule has 4 rings (SSSR count). The smallest absolute Gasteiger partial charge is 0.272 e. The van der Waals surface area contributed by atoms with Gasteiger partial charge in [-0.05, 0) is 32.9 Å². The fraction of sp³-hybridized carbons (Fsp3) is 0.240. The Kier molecular flexibility index (Phi) is 8.17. The van der Waals surface area contributed by atoms with Crippen molar-refractivity contribution in [2.75, 3.05) is 11.1 Å². The Morgan fingerprint density at radius 2 is 1.97 bits per heavy atom. The first-order valence-corrected chi connectivity index (χ1v) is 13.4. The lowest BCUT2D eigenvalue weighted by molar-refractivity contribution is -0.385. The fourth-order valence-corrected chi connectivity index (χ4v) is 5.13. The van der Waals surface area contributed by atoms with Crippen LogP contribution in [0.15, 0.2) is 53.0 Å². The minimum absolute atomic E-state index is 0.0181. The van der Waals surface area contributed by atoms with E-state index in [4.69, 9.17) is 0 Å². The SMILES string of the molecule is Cc1cccc(C(=O)NC(C)c2nnc(SCC(=O)Nc3nc(-c4ccc(C)c([N+](=O)[O-])c4)cs3)n2C)c1.